The molecule has 0 aromatic carbocycles. The summed E-state index contributed by atoms with van der Waals surface area (Å²) in [5.74, 6) is -0.0849. The Labute approximate surface area is 163 Å². The van der Waals surface area contributed by atoms with Crippen LogP contribution in [0.25, 0.3) is 0 Å². The minimum atomic E-state index is -0.500. The molecule has 1 fully saturated rings. The van der Waals surface area contributed by atoms with Crippen molar-refractivity contribution in [3.63, 3.8) is 0 Å². The zero-order valence-electron chi connectivity index (χ0n) is 17.2. The standard InChI is InChI=1S/C21H36N4O2/c1-4-5-11-23-19(26)13-16(12-15(2)3)18-14-25(24-20(18)21(22)27)17-9-7-6-8-10-17/h14-17H,4-13H2,1-3H3,(H2,22,27)(H,23,26)/t16-/m0/s1. The molecule has 1 heterocycles. The first-order valence-electron chi connectivity index (χ1n) is 10.6. The van der Waals surface area contributed by atoms with Crippen molar-refractivity contribution in [3.8, 4) is 0 Å². The summed E-state index contributed by atoms with van der Waals surface area (Å²) in [5, 5.41) is 7.55. The van der Waals surface area contributed by atoms with Gasteiger partial charge in [-0.25, -0.2) is 0 Å². The number of nitrogens with zero attached hydrogens (tertiary/aromatic N) is 2. The predicted octanol–water partition coefficient (Wildman–Crippen LogP) is 3.92. The van der Waals surface area contributed by atoms with Crippen molar-refractivity contribution in [3.05, 3.63) is 17.5 Å². The highest BCUT2D eigenvalue weighted by molar-refractivity contribution is 5.92. The third kappa shape index (κ3) is 6.36. The molecule has 0 saturated heterocycles. The first-order valence-corrected chi connectivity index (χ1v) is 10.6. The summed E-state index contributed by atoms with van der Waals surface area (Å²) < 4.78 is 1.94. The van der Waals surface area contributed by atoms with Crippen LogP contribution in [0.2, 0.25) is 0 Å². The van der Waals surface area contributed by atoms with E-state index in [1.54, 1.807) is 0 Å². The van der Waals surface area contributed by atoms with Crippen molar-refractivity contribution in [2.45, 2.75) is 90.5 Å². The fourth-order valence-electron chi connectivity index (χ4n) is 4.02. The summed E-state index contributed by atoms with van der Waals surface area (Å²) in [6, 6.07) is 0.337. The van der Waals surface area contributed by atoms with Gasteiger partial charge in [-0.3, -0.25) is 14.3 Å². The molecule has 1 aliphatic rings. The zero-order chi connectivity index (χ0) is 19.8. The van der Waals surface area contributed by atoms with E-state index in [-0.39, 0.29) is 11.8 Å². The number of carbonyl (C=O) groups excluding carboxylic acids is 2. The Hall–Kier alpha value is -1.85. The van der Waals surface area contributed by atoms with E-state index in [0.717, 1.165) is 37.7 Å². The van der Waals surface area contributed by atoms with Gasteiger partial charge < -0.3 is 11.1 Å². The molecule has 1 aromatic heterocycles. The van der Waals surface area contributed by atoms with E-state index in [9.17, 15) is 9.59 Å². The molecule has 2 rings (SSSR count). The molecule has 1 saturated carbocycles. The molecule has 6 heteroatoms. The zero-order valence-corrected chi connectivity index (χ0v) is 17.2. The molecule has 0 unspecified atom stereocenters. The number of amides is 2. The maximum absolute atomic E-state index is 12.4. The summed E-state index contributed by atoms with van der Waals surface area (Å²) in [6.45, 7) is 7.08. The van der Waals surface area contributed by atoms with E-state index in [2.05, 4.69) is 31.2 Å². The second-order valence-corrected chi connectivity index (χ2v) is 8.30. The number of hydrogen-bond donors (Lipinski definition) is 2. The second kappa shape index (κ2) is 10.5. The molecule has 1 aliphatic carbocycles. The molecule has 27 heavy (non-hydrogen) atoms. The van der Waals surface area contributed by atoms with Gasteiger partial charge in [-0.2, -0.15) is 5.10 Å². The number of carbonyl (C=O) groups is 2. The van der Waals surface area contributed by atoms with Crippen LogP contribution in [-0.2, 0) is 4.79 Å². The van der Waals surface area contributed by atoms with Crippen LogP contribution < -0.4 is 11.1 Å². The number of primary amides is 1. The smallest absolute Gasteiger partial charge is 0.269 e. The van der Waals surface area contributed by atoms with Gasteiger partial charge in [-0.05, 0) is 37.5 Å². The lowest BCUT2D eigenvalue weighted by atomic mass is 9.87. The molecule has 2 amide bonds. The van der Waals surface area contributed by atoms with Crippen molar-refractivity contribution < 1.29 is 9.59 Å². The van der Waals surface area contributed by atoms with Crippen LogP contribution in [0.1, 0.15) is 107 Å². The molecule has 1 aromatic rings. The molecule has 1 atom stereocenters. The first kappa shape index (κ1) is 21.5. The van der Waals surface area contributed by atoms with E-state index in [1.165, 1.54) is 19.3 Å². The molecule has 0 spiro atoms. The van der Waals surface area contributed by atoms with Gasteiger partial charge in [0.15, 0.2) is 5.69 Å². The topological polar surface area (TPSA) is 90.0 Å². The van der Waals surface area contributed by atoms with Gasteiger partial charge >= 0.3 is 0 Å². The van der Waals surface area contributed by atoms with Gasteiger partial charge in [-0.15, -0.1) is 0 Å². The molecule has 0 radical (unpaired) electrons. The third-order valence-corrected chi connectivity index (χ3v) is 5.42. The Morgan fingerprint density at radius 2 is 2.00 bits per heavy atom. The number of hydrogen-bond acceptors (Lipinski definition) is 3. The van der Waals surface area contributed by atoms with E-state index in [4.69, 9.17) is 5.73 Å². The summed E-state index contributed by atoms with van der Waals surface area (Å²) in [4.78, 5) is 24.5. The summed E-state index contributed by atoms with van der Waals surface area (Å²) in [6.07, 6.45) is 11.1. The lowest BCUT2D eigenvalue weighted by Gasteiger charge is -2.22. The Kier molecular flexibility index (Phi) is 8.32. The highest BCUT2D eigenvalue weighted by Crippen LogP contribution is 2.33. The molecule has 0 aliphatic heterocycles. The van der Waals surface area contributed by atoms with Crippen molar-refractivity contribution >= 4 is 11.8 Å². The van der Waals surface area contributed by atoms with Crippen LogP contribution in [-0.4, -0.2) is 28.1 Å². The Morgan fingerprint density at radius 1 is 1.30 bits per heavy atom. The van der Waals surface area contributed by atoms with E-state index in [1.807, 2.05) is 10.9 Å². The molecule has 152 valence electrons. The lowest BCUT2D eigenvalue weighted by Crippen LogP contribution is -2.27. The number of nitrogens with two attached hydrogens (primary N) is 1. The molecule has 3 N–H and O–H groups in total. The van der Waals surface area contributed by atoms with Crippen LogP contribution in [0.3, 0.4) is 0 Å². The number of nitrogens with one attached hydrogen (secondary N) is 1. The maximum Gasteiger partial charge on any atom is 0.269 e. The minimum Gasteiger partial charge on any atom is -0.364 e. The Morgan fingerprint density at radius 3 is 2.59 bits per heavy atom. The third-order valence-electron chi connectivity index (χ3n) is 5.42. The van der Waals surface area contributed by atoms with Gasteiger partial charge in [0.1, 0.15) is 0 Å². The van der Waals surface area contributed by atoms with Crippen LogP contribution in [0.5, 0.6) is 0 Å². The Balaban J connectivity index is 2.22. The highest BCUT2D eigenvalue weighted by Gasteiger charge is 2.27. The Bertz CT molecular complexity index is 618. The average molecular weight is 377 g/mol. The SMILES string of the molecule is CCCCNC(=O)C[C@H](CC(C)C)c1cn(C2CCCCC2)nc1C(N)=O. The largest absolute Gasteiger partial charge is 0.364 e. The van der Waals surface area contributed by atoms with Gasteiger partial charge in [0, 0.05) is 24.7 Å². The molecular formula is C21H36N4O2. The molecular weight excluding hydrogens is 340 g/mol. The molecule has 0 bridgehead atoms. The summed E-state index contributed by atoms with van der Waals surface area (Å²) in [5.41, 5.74) is 6.82. The summed E-state index contributed by atoms with van der Waals surface area (Å²) >= 11 is 0. The minimum absolute atomic E-state index is 0.0357. The van der Waals surface area contributed by atoms with Crippen LogP contribution >= 0.6 is 0 Å². The number of unbranched alkanes of at least 4 members (excludes halogenated alkanes) is 1. The summed E-state index contributed by atoms with van der Waals surface area (Å²) in [7, 11) is 0. The van der Waals surface area contributed by atoms with E-state index < -0.39 is 5.91 Å². The predicted molar refractivity (Wildman–Crippen MR) is 108 cm³/mol. The maximum atomic E-state index is 12.4. The van der Waals surface area contributed by atoms with Crippen molar-refractivity contribution in [1.82, 2.24) is 15.1 Å². The second-order valence-electron chi connectivity index (χ2n) is 8.30. The van der Waals surface area contributed by atoms with Crippen molar-refractivity contribution in [2.75, 3.05) is 6.54 Å². The quantitative estimate of drug-likeness (QED) is 0.606. The number of rotatable bonds is 10. The van der Waals surface area contributed by atoms with Crippen LogP contribution in [0.4, 0.5) is 0 Å². The van der Waals surface area contributed by atoms with Gasteiger partial charge in [0.2, 0.25) is 5.91 Å². The average Bonchev–Trinajstić information content (AvgIpc) is 3.07. The van der Waals surface area contributed by atoms with Crippen LogP contribution in [0.15, 0.2) is 6.20 Å². The first-order chi connectivity index (χ1) is 12.9. The number of aromatic nitrogens is 2. The fraction of sp³-hybridized carbons (Fsp3) is 0.762. The fourth-order valence-corrected chi connectivity index (χ4v) is 4.02. The monoisotopic (exact) mass is 376 g/mol. The van der Waals surface area contributed by atoms with Gasteiger partial charge in [0.05, 0.1) is 6.04 Å². The van der Waals surface area contributed by atoms with E-state index >= 15 is 0 Å². The van der Waals surface area contributed by atoms with Gasteiger partial charge in [0.25, 0.3) is 5.91 Å². The van der Waals surface area contributed by atoms with Crippen molar-refractivity contribution in [1.29, 1.82) is 0 Å². The lowest BCUT2D eigenvalue weighted by molar-refractivity contribution is -0.121. The van der Waals surface area contributed by atoms with E-state index in [0.29, 0.717) is 30.6 Å². The van der Waals surface area contributed by atoms with Crippen LogP contribution in [0, 0.1) is 5.92 Å². The van der Waals surface area contributed by atoms with Crippen molar-refractivity contribution in [2.24, 2.45) is 11.7 Å². The van der Waals surface area contributed by atoms with Gasteiger partial charge in [-0.1, -0.05) is 46.5 Å². The highest BCUT2D eigenvalue weighted by atomic mass is 16.2. The normalized spacial score (nSPS) is 16.4. The molecule has 6 nitrogen and oxygen atoms in total.